The highest BCUT2D eigenvalue weighted by molar-refractivity contribution is 5.93. The molecule has 0 radical (unpaired) electrons. The van der Waals surface area contributed by atoms with Gasteiger partial charge in [-0.05, 0) is 119 Å². The predicted molar refractivity (Wildman–Crippen MR) is 168 cm³/mol. The van der Waals surface area contributed by atoms with Crippen molar-refractivity contribution >= 4 is 17.7 Å². The van der Waals surface area contributed by atoms with Gasteiger partial charge < -0.3 is 15.2 Å². The molecule has 2 heterocycles. The molecule has 3 aromatic rings. The Morgan fingerprint density at radius 3 is 2.45 bits per heavy atom. The lowest BCUT2D eigenvalue weighted by Gasteiger charge is -2.30. The summed E-state index contributed by atoms with van der Waals surface area (Å²) in [5, 5.41) is 26.5. The van der Waals surface area contributed by atoms with Crippen LogP contribution in [0, 0.1) is 29.1 Å². The number of aliphatic carboxylic acids is 1. The summed E-state index contributed by atoms with van der Waals surface area (Å²) in [5.41, 5.74) is 4.86. The molecule has 1 amide bonds. The average Bonchev–Trinajstić information content (AvgIpc) is 3.53. The number of carboxylic acids is 1. The standard InChI is InChI=1S/C35H43N5O4/c1-22(2)40-21-29(20-38-40)30-14-15-37-34(39-35(43)26-10-6-24(7-11-26)17-33(41)42)31(30)16-23-4-8-25(9-5-23)27-12-13-32(44-3)28(18-27)19-36/h12-15,18,20-26H,4-11,16-17H2,1-3H3,(H,41,42)(H,37,39,43). The van der Waals surface area contributed by atoms with Gasteiger partial charge >= 0.3 is 5.97 Å². The number of pyridine rings is 1. The van der Waals surface area contributed by atoms with Crippen LogP contribution in [0.15, 0.2) is 42.9 Å². The average molecular weight is 598 g/mol. The van der Waals surface area contributed by atoms with Crippen LogP contribution in [-0.4, -0.2) is 38.9 Å². The van der Waals surface area contributed by atoms with Crippen LogP contribution in [0.1, 0.15) is 100 Å². The Morgan fingerprint density at radius 1 is 1.09 bits per heavy atom. The quantitative estimate of drug-likeness (QED) is 0.254. The Bertz CT molecular complexity index is 1510. The molecule has 2 saturated carbocycles. The zero-order chi connectivity index (χ0) is 31.2. The van der Waals surface area contributed by atoms with Crippen LogP contribution in [0.4, 0.5) is 5.82 Å². The predicted octanol–water partition coefficient (Wildman–Crippen LogP) is 7.14. The van der Waals surface area contributed by atoms with Gasteiger partial charge in [-0.15, -0.1) is 0 Å². The molecule has 0 saturated heterocycles. The monoisotopic (exact) mass is 597 g/mol. The minimum Gasteiger partial charge on any atom is -0.495 e. The normalized spacial score (nSPS) is 21.9. The van der Waals surface area contributed by atoms with Crippen LogP contribution in [0.2, 0.25) is 0 Å². The van der Waals surface area contributed by atoms with Gasteiger partial charge in [0, 0.05) is 41.9 Å². The van der Waals surface area contributed by atoms with E-state index >= 15 is 0 Å². The summed E-state index contributed by atoms with van der Waals surface area (Å²) in [6.45, 7) is 4.20. The van der Waals surface area contributed by atoms with E-state index < -0.39 is 5.97 Å². The molecule has 2 aliphatic carbocycles. The highest BCUT2D eigenvalue weighted by atomic mass is 16.5. The van der Waals surface area contributed by atoms with Crippen molar-refractivity contribution in [3.8, 4) is 22.9 Å². The van der Waals surface area contributed by atoms with Crippen LogP contribution in [0.3, 0.4) is 0 Å². The first kappa shape index (κ1) is 31.2. The zero-order valence-corrected chi connectivity index (χ0v) is 26.0. The molecule has 5 rings (SSSR count). The molecule has 1 aromatic carbocycles. The van der Waals surface area contributed by atoms with E-state index in [4.69, 9.17) is 9.84 Å². The number of nitriles is 1. The van der Waals surface area contributed by atoms with Crippen LogP contribution in [0.5, 0.6) is 5.75 Å². The highest BCUT2D eigenvalue weighted by Crippen LogP contribution is 2.41. The third kappa shape index (κ3) is 7.29. The Morgan fingerprint density at radius 2 is 1.82 bits per heavy atom. The lowest BCUT2D eigenvalue weighted by Crippen LogP contribution is -2.29. The molecule has 0 aliphatic heterocycles. The van der Waals surface area contributed by atoms with Crippen LogP contribution in [0.25, 0.3) is 11.1 Å². The van der Waals surface area contributed by atoms with E-state index in [-0.39, 0.29) is 30.2 Å². The Balaban J connectivity index is 1.33. The van der Waals surface area contributed by atoms with Gasteiger partial charge in [0.2, 0.25) is 5.91 Å². The number of benzene rings is 1. The van der Waals surface area contributed by atoms with Crippen molar-refractivity contribution in [1.82, 2.24) is 14.8 Å². The van der Waals surface area contributed by atoms with E-state index in [1.54, 1.807) is 13.3 Å². The number of nitrogens with one attached hydrogen (secondary N) is 1. The van der Waals surface area contributed by atoms with E-state index in [1.165, 1.54) is 5.56 Å². The van der Waals surface area contributed by atoms with Crippen molar-refractivity contribution in [2.75, 3.05) is 12.4 Å². The maximum absolute atomic E-state index is 13.5. The number of methoxy groups -OCH3 is 1. The van der Waals surface area contributed by atoms with Crippen molar-refractivity contribution in [2.24, 2.45) is 17.8 Å². The summed E-state index contributed by atoms with van der Waals surface area (Å²) < 4.78 is 7.28. The number of rotatable bonds is 10. The summed E-state index contributed by atoms with van der Waals surface area (Å²) in [5.74, 6) is 1.27. The first-order chi connectivity index (χ1) is 21.2. The van der Waals surface area contributed by atoms with Crippen molar-refractivity contribution in [2.45, 2.75) is 90.0 Å². The summed E-state index contributed by atoms with van der Waals surface area (Å²) >= 11 is 0. The fraction of sp³-hybridized carbons (Fsp3) is 0.514. The van der Waals surface area contributed by atoms with E-state index in [0.29, 0.717) is 41.8 Å². The molecule has 44 heavy (non-hydrogen) atoms. The second-order valence-corrected chi connectivity index (χ2v) is 12.8. The summed E-state index contributed by atoms with van der Waals surface area (Å²) in [7, 11) is 1.59. The highest BCUT2D eigenvalue weighted by Gasteiger charge is 2.30. The van der Waals surface area contributed by atoms with Crippen LogP contribution in [-0.2, 0) is 16.0 Å². The van der Waals surface area contributed by atoms with Crippen molar-refractivity contribution in [1.29, 1.82) is 5.26 Å². The number of amides is 1. The number of nitrogens with zero attached hydrogens (tertiary/aromatic N) is 4. The maximum Gasteiger partial charge on any atom is 0.303 e. The topological polar surface area (TPSA) is 130 Å². The second-order valence-electron chi connectivity index (χ2n) is 12.8. The molecule has 9 nitrogen and oxygen atoms in total. The number of ether oxygens (including phenoxy) is 1. The first-order valence-electron chi connectivity index (χ1n) is 15.9. The second kappa shape index (κ2) is 14.1. The van der Waals surface area contributed by atoms with E-state index in [2.05, 4.69) is 47.6 Å². The largest absolute Gasteiger partial charge is 0.495 e. The molecule has 0 unspecified atom stereocenters. The molecular formula is C35H43N5O4. The number of carbonyl (C=O) groups is 2. The third-order valence-electron chi connectivity index (χ3n) is 9.57. The number of hydrogen-bond acceptors (Lipinski definition) is 6. The SMILES string of the molecule is COc1ccc(C2CCC(Cc3c(-c4cnn(C(C)C)c4)ccnc3NC(=O)C3CCC(CC(=O)O)CC3)CC2)cc1C#N. The van der Waals surface area contributed by atoms with Gasteiger partial charge in [0.15, 0.2) is 0 Å². The molecule has 2 aromatic heterocycles. The summed E-state index contributed by atoms with van der Waals surface area (Å²) in [4.78, 5) is 29.3. The van der Waals surface area contributed by atoms with Gasteiger partial charge in [0.05, 0.1) is 18.9 Å². The lowest BCUT2D eigenvalue weighted by atomic mass is 9.76. The smallest absolute Gasteiger partial charge is 0.303 e. The Labute approximate surface area is 259 Å². The number of aromatic nitrogens is 3. The fourth-order valence-electron chi connectivity index (χ4n) is 6.99. The fourth-order valence-corrected chi connectivity index (χ4v) is 6.99. The molecule has 0 spiro atoms. The molecule has 0 atom stereocenters. The van der Waals surface area contributed by atoms with E-state index in [9.17, 15) is 14.9 Å². The lowest BCUT2D eigenvalue weighted by molar-refractivity contribution is -0.138. The Hall–Kier alpha value is -4.19. The molecule has 232 valence electrons. The van der Waals surface area contributed by atoms with Crippen molar-refractivity contribution in [3.05, 3.63) is 59.5 Å². The van der Waals surface area contributed by atoms with Gasteiger partial charge in [-0.25, -0.2) is 4.98 Å². The molecule has 2 N–H and O–H groups in total. The molecule has 0 bridgehead atoms. The van der Waals surface area contributed by atoms with Crippen molar-refractivity contribution < 1.29 is 19.4 Å². The first-order valence-corrected chi connectivity index (χ1v) is 15.9. The van der Waals surface area contributed by atoms with E-state index in [0.717, 1.165) is 61.6 Å². The van der Waals surface area contributed by atoms with Crippen LogP contribution < -0.4 is 10.1 Å². The minimum atomic E-state index is -0.769. The third-order valence-corrected chi connectivity index (χ3v) is 9.57. The Kier molecular flexibility index (Phi) is 9.99. The number of hydrogen-bond donors (Lipinski definition) is 2. The molecular weight excluding hydrogens is 554 g/mol. The van der Waals surface area contributed by atoms with E-state index in [1.807, 2.05) is 29.1 Å². The zero-order valence-electron chi connectivity index (χ0n) is 26.0. The van der Waals surface area contributed by atoms with Gasteiger partial charge in [-0.2, -0.15) is 10.4 Å². The number of carbonyl (C=O) groups excluding carboxylic acids is 1. The molecule has 2 fully saturated rings. The van der Waals surface area contributed by atoms with Gasteiger partial charge in [0.25, 0.3) is 0 Å². The maximum atomic E-state index is 13.5. The number of carboxylic acid groups (broad SMARTS) is 1. The van der Waals surface area contributed by atoms with Crippen molar-refractivity contribution in [3.63, 3.8) is 0 Å². The van der Waals surface area contributed by atoms with Gasteiger partial charge in [-0.3, -0.25) is 14.3 Å². The number of anilines is 1. The van der Waals surface area contributed by atoms with Crippen LogP contribution >= 0.6 is 0 Å². The minimum absolute atomic E-state index is 0.0286. The van der Waals surface area contributed by atoms with Gasteiger partial charge in [0.1, 0.15) is 17.6 Å². The summed E-state index contributed by atoms with van der Waals surface area (Å²) in [6.07, 6.45) is 13.7. The summed E-state index contributed by atoms with van der Waals surface area (Å²) in [6, 6.07) is 10.5. The van der Waals surface area contributed by atoms with Gasteiger partial charge in [-0.1, -0.05) is 6.07 Å². The molecule has 2 aliphatic rings. The molecule has 9 heteroatoms.